The maximum atomic E-state index is 11.4. The van der Waals surface area contributed by atoms with E-state index in [1.165, 1.54) is 4.90 Å². The molecule has 0 heterocycles. The van der Waals surface area contributed by atoms with Gasteiger partial charge in [0.25, 0.3) is 0 Å². The van der Waals surface area contributed by atoms with Gasteiger partial charge in [0.05, 0.1) is 6.07 Å². The molecule has 0 unspecified atom stereocenters. The van der Waals surface area contributed by atoms with Gasteiger partial charge >= 0.3 is 11.8 Å². The topological polar surface area (TPSA) is 73.2 Å². The first-order valence-corrected chi connectivity index (χ1v) is 4.61. The summed E-state index contributed by atoms with van der Waals surface area (Å²) < 4.78 is 0. The van der Waals surface area contributed by atoms with Gasteiger partial charge in [-0.25, -0.2) is 0 Å². The minimum Gasteiger partial charge on any atom is -0.335 e. The van der Waals surface area contributed by atoms with E-state index in [0.717, 1.165) is 6.42 Å². The second-order valence-electron chi connectivity index (χ2n) is 2.73. The Bertz CT molecular complexity index is 245. The molecular formula is C9H15N3O2. The highest BCUT2D eigenvalue weighted by Gasteiger charge is 2.18. The van der Waals surface area contributed by atoms with Gasteiger partial charge in [-0.15, -0.1) is 0 Å². The molecule has 0 aliphatic carbocycles. The highest BCUT2D eigenvalue weighted by atomic mass is 16.2. The van der Waals surface area contributed by atoms with E-state index < -0.39 is 11.8 Å². The van der Waals surface area contributed by atoms with E-state index in [9.17, 15) is 9.59 Å². The third kappa shape index (κ3) is 3.90. The van der Waals surface area contributed by atoms with Crippen molar-refractivity contribution in [2.24, 2.45) is 0 Å². The van der Waals surface area contributed by atoms with Crippen LogP contribution in [0.3, 0.4) is 0 Å². The van der Waals surface area contributed by atoms with Gasteiger partial charge in [-0.3, -0.25) is 9.59 Å². The van der Waals surface area contributed by atoms with Crippen molar-refractivity contribution < 1.29 is 9.59 Å². The molecule has 0 atom stereocenters. The third-order valence-electron chi connectivity index (χ3n) is 1.68. The summed E-state index contributed by atoms with van der Waals surface area (Å²) in [6.07, 6.45) is 0.811. The van der Waals surface area contributed by atoms with Crippen molar-refractivity contribution in [2.75, 3.05) is 19.6 Å². The second-order valence-corrected chi connectivity index (χ2v) is 2.73. The SMILES string of the molecule is CCCN(CC)C(=O)C(=O)NCC#N. The van der Waals surface area contributed by atoms with E-state index in [0.29, 0.717) is 13.1 Å². The van der Waals surface area contributed by atoms with Gasteiger partial charge in [0.15, 0.2) is 0 Å². The minimum absolute atomic E-state index is 0.131. The predicted molar refractivity (Wildman–Crippen MR) is 51.2 cm³/mol. The lowest BCUT2D eigenvalue weighted by Crippen LogP contribution is -2.43. The molecule has 5 nitrogen and oxygen atoms in total. The monoisotopic (exact) mass is 197 g/mol. The normalized spacial score (nSPS) is 8.93. The van der Waals surface area contributed by atoms with Crippen LogP contribution in [-0.4, -0.2) is 36.3 Å². The zero-order chi connectivity index (χ0) is 11.0. The summed E-state index contributed by atoms with van der Waals surface area (Å²) in [5.41, 5.74) is 0. The van der Waals surface area contributed by atoms with Crippen LogP contribution >= 0.6 is 0 Å². The van der Waals surface area contributed by atoms with Crippen LogP contribution in [0, 0.1) is 11.3 Å². The predicted octanol–water partition coefficient (Wildman–Crippen LogP) is -0.115. The van der Waals surface area contributed by atoms with E-state index in [-0.39, 0.29) is 6.54 Å². The number of hydrogen-bond acceptors (Lipinski definition) is 3. The van der Waals surface area contributed by atoms with Gasteiger partial charge in [0.2, 0.25) is 0 Å². The average Bonchev–Trinajstić information content (AvgIpc) is 2.21. The van der Waals surface area contributed by atoms with Crippen LogP contribution in [0.4, 0.5) is 0 Å². The standard InChI is InChI=1S/C9H15N3O2/c1-3-7-12(4-2)9(14)8(13)11-6-5-10/h3-4,6-7H2,1-2H3,(H,11,13). The number of amides is 2. The molecule has 5 heteroatoms. The van der Waals surface area contributed by atoms with E-state index in [4.69, 9.17) is 5.26 Å². The highest BCUT2D eigenvalue weighted by Crippen LogP contribution is 1.92. The molecule has 1 N–H and O–H groups in total. The number of rotatable bonds is 4. The van der Waals surface area contributed by atoms with E-state index in [1.54, 1.807) is 6.07 Å². The molecule has 0 saturated carbocycles. The molecule has 0 aliphatic rings. The van der Waals surface area contributed by atoms with E-state index in [2.05, 4.69) is 5.32 Å². The zero-order valence-electron chi connectivity index (χ0n) is 8.54. The number of carbonyl (C=O) groups excluding carboxylic acids is 2. The summed E-state index contributed by atoms with van der Waals surface area (Å²) in [5, 5.41) is 10.4. The minimum atomic E-state index is -0.707. The lowest BCUT2D eigenvalue weighted by atomic mass is 10.3. The van der Waals surface area contributed by atoms with Gasteiger partial charge < -0.3 is 10.2 Å². The van der Waals surface area contributed by atoms with Crippen molar-refractivity contribution >= 4 is 11.8 Å². The molecule has 0 aromatic heterocycles. The number of nitrogens with zero attached hydrogens (tertiary/aromatic N) is 2. The van der Waals surface area contributed by atoms with Crippen LogP contribution in [0.5, 0.6) is 0 Å². The summed E-state index contributed by atoms with van der Waals surface area (Å²) in [6, 6.07) is 1.74. The largest absolute Gasteiger partial charge is 0.335 e. The Balaban J connectivity index is 4.14. The van der Waals surface area contributed by atoms with Crippen LogP contribution in [0.1, 0.15) is 20.3 Å². The molecule has 0 rings (SSSR count). The fourth-order valence-electron chi connectivity index (χ4n) is 1.01. The van der Waals surface area contributed by atoms with Crippen molar-refractivity contribution in [3.63, 3.8) is 0 Å². The molecule has 0 radical (unpaired) electrons. The lowest BCUT2D eigenvalue weighted by molar-refractivity contribution is -0.145. The van der Waals surface area contributed by atoms with Gasteiger partial charge in [-0.05, 0) is 13.3 Å². The van der Waals surface area contributed by atoms with Crippen LogP contribution in [0.15, 0.2) is 0 Å². The molecule has 0 aliphatic heterocycles. The molecule has 2 amide bonds. The number of nitrogens with one attached hydrogen (secondary N) is 1. The zero-order valence-corrected chi connectivity index (χ0v) is 8.54. The Morgan fingerprint density at radius 2 is 2.07 bits per heavy atom. The molecule has 0 bridgehead atoms. The summed E-state index contributed by atoms with van der Waals surface area (Å²) in [4.78, 5) is 23.9. The summed E-state index contributed by atoms with van der Waals surface area (Å²) in [7, 11) is 0. The van der Waals surface area contributed by atoms with Crippen molar-refractivity contribution in [2.45, 2.75) is 20.3 Å². The van der Waals surface area contributed by atoms with Gasteiger partial charge in [0.1, 0.15) is 6.54 Å². The summed E-state index contributed by atoms with van der Waals surface area (Å²) >= 11 is 0. The Kier molecular flexibility index (Phi) is 6.12. The first-order chi connectivity index (χ1) is 6.67. The quantitative estimate of drug-likeness (QED) is 0.504. The van der Waals surface area contributed by atoms with Crippen molar-refractivity contribution in [1.82, 2.24) is 10.2 Å². The Labute approximate surface area is 83.7 Å². The lowest BCUT2D eigenvalue weighted by Gasteiger charge is -2.18. The van der Waals surface area contributed by atoms with Crippen LogP contribution in [0.25, 0.3) is 0 Å². The van der Waals surface area contributed by atoms with Crippen molar-refractivity contribution in [1.29, 1.82) is 5.26 Å². The van der Waals surface area contributed by atoms with Crippen molar-refractivity contribution in [3.05, 3.63) is 0 Å². The molecule has 78 valence electrons. The van der Waals surface area contributed by atoms with E-state index >= 15 is 0 Å². The molecule has 0 aromatic carbocycles. The smallest absolute Gasteiger partial charge is 0.311 e. The first-order valence-electron chi connectivity index (χ1n) is 4.61. The number of nitriles is 1. The molecule has 14 heavy (non-hydrogen) atoms. The van der Waals surface area contributed by atoms with Gasteiger partial charge in [-0.2, -0.15) is 5.26 Å². The average molecular weight is 197 g/mol. The maximum absolute atomic E-state index is 11.4. The number of likely N-dealkylation sites (N-methyl/N-ethyl adjacent to an activating group) is 1. The maximum Gasteiger partial charge on any atom is 0.311 e. The first kappa shape index (κ1) is 12.4. The Hall–Kier alpha value is -1.57. The summed E-state index contributed by atoms with van der Waals surface area (Å²) in [6.45, 7) is 4.68. The number of carbonyl (C=O) groups is 2. The van der Waals surface area contributed by atoms with Gasteiger partial charge in [-0.1, -0.05) is 6.92 Å². The molecular weight excluding hydrogens is 182 g/mol. The fraction of sp³-hybridized carbons (Fsp3) is 0.667. The fourth-order valence-corrected chi connectivity index (χ4v) is 1.01. The highest BCUT2D eigenvalue weighted by molar-refractivity contribution is 6.35. The van der Waals surface area contributed by atoms with Crippen molar-refractivity contribution in [3.8, 4) is 6.07 Å². The summed E-state index contributed by atoms with van der Waals surface area (Å²) in [5.74, 6) is -1.27. The molecule has 0 fully saturated rings. The van der Waals surface area contributed by atoms with E-state index in [1.807, 2.05) is 13.8 Å². The second kappa shape index (κ2) is 6.89. The Morgan fingerprint density at radius 1 is 1.43 bits per heavy atom. The van der Waals surface area contributed by atoms with Crippen LogP contribution in [0.2, 0.25) is 0 Å². The third-order valence-corrected chi connectivity index (χ3v) is 1.68. The molecule has 0 saturated heterocycles. The van der Waals surface area contributed by atoms with Gasteiger partial charge in [0, 0.05) is 13.1 Å². The number of hydrogen-bond donors (Lipinski definition) is 1. The van der Waals surface area contributed by atoms with Crippen LogP contribution in [-0.2, 0) is 9.59 Å². The molecule has 0 spiro atoms. The Morgan fingerprint density at radius 3 is 2.50 bits per heavy atom. The molecule has 0 aromatic rings. The van der Waals surface area contributed by atoms with Crippen LogP contribution < -0.4 is 5.32 Å².